The highest BCUT2D eigenvalue weighted by molar-refractivity contribution is 5.73. The Balaban J connectivity index is 2.43. The Bertz CT molecular complexity index is 179. The minimum atomic E-state index is 0.161. The average molecular weight is 200 g/mol. The first-order valence-electron chi connectivity index (χ1n) is 5.22. The zero-order valence-electron chi connectivity index (χ0n) is 9.08. The van der Waals surface area contributed by atoms with Gasteiger partial charge in [0.2, 0.25) is 5.91 Å². The van der Waals surface area contributed by atoms with Crippen LogP contribution >= 0.6 is 0 Å². The molecule has 14 heavy (non-hydrogen) atoms. The Hall–Kier alpha value is -0.610. The lowest BCUT2D eigenvalue weighted by atomic mass is 10.0. The molecule has 82 valence electrons. The van der Waals surface area contributed by atoms with Crippen LogP contribution in [0.2, 0.25) is 0 Å². The number of carbonyl (C=O) groups is 1. The van der Waals surface area contributed by atoms with Gasteiger partial charge in [0.1, 0.15) is 0 Å². The first kappa shape index (κ1) is 11.5. The molecule has 1 rings (SSSR count). The highest BCUT2D eigenvalue weighted by Crippen LogP contribution is 2.11. The number of nitrogens with one attached hydrogen (secondary N) is 1. The molecule has 1 fully saturated rings. The summed E-state index contributed by atoms with van der Waals surface area (Å²) >= 11 is 0. The lowest BCUT2D eigenvalue weighted by Gasteiger charge is -2.33. The molecule has 1 amide bonds. The van der Waals surface area contributed by atoms with Crippen molar-refractivity contribution in [3.05, 3.63) is 0 Å². The van der Waals surface area contributed by atoms with Crippen molar-refractivity contribution in [3.63, 3.8) is 0 Å². The molecule has 1 N–H and O–H groups in total. The van der Waals surface area contributed by atoms with Crippen LogP contribution in [-0.4, -0.2) is 50.2 Å². The van der Waals surface area contributed by atoms with Gasteiger partial charge < -0.3 is 15.0 Å². The first-order valence-corrected chi connectivity index (χ1v) is 5.22. The van der Waals surface area contributed by atoms with Gasteiger partial charge in [0.25, 0.3) is 0 Å². The monoisotopic (exact) mass is 200 g/mol. The minimum Gasteiger partial charge on any atom is -0.383 e. The SMILES string of the molecule is COCCN(C(C)=O)C1CCNCC1. The molecular formula is C10H20N2O2. The summed E-state index contributed by atoms with van der Waals surface area (Å²) in [4.78, 5) is 13.3. The molecule has 0 radical (unpaired) electrons. The van der Waals surface area contributed by atoms with Crippen molar-refractivity contribution in [3.8, 4) is 0 Å². The fraction of sp³-hybridized carbons (Fsp3) is 0.900. The standard InChI is InChI=1S/C10H20N2O2/c1-9(13)12(7-8-14-2)10-3-5-11-6-4-10/h10-11H,3-8H2,1-2H3. The molecule has 0 bridgehead atoms. The highest BCUT2D eigenvalue weighted by Gasteiger charge is 2.22. The summed E-state index contributed by atoms with van der Waals surface area (Å²) in [6.07, 6.45) is 2.12. The Morgan fingerprint density at radius 3 is 2.64 bits per heavy atom. The second-order valence-corrected chi connectivity index (χ2v) is 3.69. The van der Waals surface area contributed by atoms with Crippen LogP contribution in [0.3, 0.4) is 0 Å². The van der Waals surface area contributed by atoms with E-state index in [1.807, 2.05) is 4.90 Å². The predicted molar refractivity (Wildman–Crippen MR) is 55.2 cm³/mol. The second-order valence-electron chi connectivity index (χ2n) is 3.69. The summed E-state index contributed by atoms with van der Waals surface area (Å²) in [5, 5.41) is 3.30. The Morgan fingerprint density at radius 2 is 2.14 bits per heavy atom. The highest BCUT2D eigenvalue weighted by atomic mass is 16.5. The van der Waals surface area contributed by atoms with Gasteiger partial charge in [-0.15, -0.1) is 0 Å². The van der Waals surface area contributed by atoms with Crippen molar-refractivity contribution in [1.82, 2.24) is 10.2 Å². The average Bonchev–Trinajstić information content (AvgIpc) is 2.19. The van der Waals surface area contributed by atoms with Crippen molar-refractivity contribution in [1.29, 1.82) is 0 Å². The molecule has 0 spiro atoms. The molecular weight excluding hydrogens is 180 g/mol. The molecule has 1 aliphatic rings. The third-order valence-electron chi connectivity index (χ3n) is 2.69. The van der Waals surface area contributed by atoms with Crippen LogP contribution in [0.15, 0.2) is 0 Å². The van der Waals surface area contributed by atoms with Crippen LogP contribution in [0, 0.1) is 0 Å². The van der Waals surface area contributed by atoms with Crippen LogP contribution in [0.5, 0.6) is 0 Å². The van der Waals surface area contributed by atoms with Crippen LogP contribution in [0.1, 0.15) is 19.8 Å². The molecule has 0 saturated carbocycles. The van der Waals surface area contributed by atoms with Crippen molar-refractivity contribution >= 4 is 5.91 Å². The summed E-state index contributed by atoms with van der Waals surface area (Å²) in [5.41, 5.74) is 0. The van der Waals surface area contributed by atoms with Gasteiger partial charge in [-0.05, 0) is 25.9 Å². The van der Waals surface area contributed by atoms with E-state index in [1.54, 1.807) is 14.0 Å². The Kier molecular flexibility index (Phi) is 4.90. The van der Waals surface area contributed by atoms with Crippen LogP contribution in [0.4, 0.5) is 0 Å². The topological polar surface area (TPSA) is 41.6 Å². The third-order valence-corrected chi connectivity index (χ3v) is 2.69. The van der Waals surface area contributed by atoms with Crippen LogP contribution in [0.25, 0.3) is 0 Å². The van der Waals surface area contributed by atoms with Gasteiger partial charge in [0, 0.05) is 26.6 Å². The van der Waals surface area contributed by atoms with Crippen molar-refractivity contribution in [2.75, 3.05) is 33.4 Å². The molecule has 0 aliphatic carbocycles. The number of amides is 1. The molecule has 0 aromatic rings. The van der Waals surface area contributed by atoms with Gasteiger partial charge in [-0.25, -0.2) is 0 Å². The summed E-state index contributed by atoms with van der Waals surface area (Å²) < 4.78 is 5.00. The smallest absolute Gasteiger partial charge is 0.219 e. The zero-order chi connectivity index (χ0) is 10.4. The number of methoxy groups -OCH3 is 1. The third kappa shape index (κ3) is 3.27. The molecule has 4 nitrogen and oxygen atoms in total. The van der Waals surface area contributed by atoms with E-state index in [4.69, 9.17) is 4.74 Å². The molecule has 0 aromatic carbocycles. The maximum Gasteiger partial charge on any atom is 0.219 e. The predicted octanol–water partition coefficient (Wildman–Crippen LogP) is 0.233. The van der Waals surface area contributed by atoms with Crippen LogP contribution in [-0.2, 0) is 9.53 Å². The van der Waals surface area contributed by atoms with Gasteiger partial charge in [-0.3, -0.25) is 4.79 Å². The number of rotatable bonds is 4. The molecule has 1 heterocycles. The number of carbonyl (C=O) groups excluding carboxylic acids is 1. The normalized spacial score (nSPS) is 18.1. The van der Waals surface area contributed by atoms with E-state index in [0.717, 1.165) is 32.5 Å². The summed E-state index contributed by atoms with van der Waals surface area (Å²) in [7, 11) is 1.67. The maximum atomic E-state index is 11.4. The number of hydrogen-bond acceptors (Lipinski definition) is 3. The number of ether oxygens (including phenoxy) is 1. The Morgan fingerprint density at radius 1 is 1.50 bits per heavy atom. The van der Waals surface area contributed by atoms with Crippen molar-refractivity contribution in [2.24, 2.45) is 0 Å². The van der Waals surface area contributed by atoms with Gasteiger partial charge in [-0.1, -0.05) is 0 Å². The zero-order valence-corrected chi connectivity index (χ0v) is 9.08. The fourth-order valence-corrected chi connectivity index (χ4v) is 1.91. The maximum absolute atomic E-state index is 11.4. The van der Waals surface area contributed by atoms with E-state index in [0.29, 0.717) is 12.6 Å². The molecule has 0 atom stereocenters. The fourth-order valence-electron chi connectivity index (χ4n) is 1.91. The van der Waals surface area contributed by atoms with Gasteiger partial charge >= 0.3 is 0 Å². The molecule has 1 aliphatic heterocycles. The lowest BCUT2D eigenvalue weighted by Crippen LogP contribution is -2.46. The van der Waals surface area contributed by atoms with Gasteiger partial charge in [0.15, 0.2) is 0 Å². The summed E-state index contributed by atoms with van der Waals surface area (Å²) in [6, 6.07) is 0.406. The minimum absolute atomic E-state index is 0.161. The number of hydrogen-bond donors (Lipinski definition) is 1. The molecule has 4 heteroatoms. The molecule has 0 unspecified atom stereocenters. The summed E-state index contributed by atoms with van der Waals surface area (Å²) in [6.45, 7) is 5.01. The first-order chi connectivity index (χ1) is 6.75. The number of piperidine rings is 1. The van der Waals surface area contributed by atoms with Crippen LogP contribution < -0.4 is 5.32 Å². The number of nitrogens with zero attached hydrogens (tertiary/aromatic N) is 1. The largest absolute Gasteiger partial charge is 0.383 e. The van der Waals surface area contributed by atoms with E-state index in [9.17, 15) is 4.79 Å². The van der Waals surface area contributed by atoms with Crippen molar-refractivity contribution < 1.29 is 9.53 Å². The van der Waals surface area contributed by atoms with E-state index in [2.05, 4.69) is 5.32 Å². The second kappa shape index (κ2) is 5.98. The van der Waals surface area contributed by atoms with E-state index in [-0.39, 0.29) is 5.91 Å². The van der Waals surface area contributed by atoms with E-state index in [1.165, 1.54) is 0 Å². The quantitative estimate of drug-likeness (QED) is 0.706. The van der Waals surface area contributed by atoms with Gasteiger partial charge in [0.05, 0.1) is 6.61 Å². The van der Waals surface area contributed by atoms with E-state index >= 15 is 0 Å². The lowest BCUT2D eigenvalue weighted by molar-refractivity contribution is -0.132. The molecule has 1 saturated heterocycles. The van der Waals surface area contributed by atoms with Crippen molar-refractivity contribution in [2.45, 2.75) is 25.8 Å². The Labute approximate surface area is 85.6 Å². The van der Waals surface area contributed by atoms with E-state index < -0.39 is 0 Å². The van der Waals surface area contributed by atoms with Gasteiger partial charge in [-0.2, -0.15) is 0 Å². The molecule has 0 aromatic heterocycles. The summed E-state index contributed by atoms with van der Waals surface area (Å²) in [5.74, 6) is 0.161.